The fraction of sp³-hybridized carbons (Fsp3) is 0.167. The monoisotopic (exact) mass is 508 g/mol. The zero-order valence-electron chi connectivity index (χ0n) is 21.2. The van der Waals surface area contributed by atoms with E-state index in [0.29, 0.717) is 35.7 Å². The van der Waals surface area contributed by atoms with Gasteiger partial charge in [-0.15, -0.1) is 0 Å². The van der Waals surface area contributed by atoms with Gasteiger partial charge < -0.3 is 25.1 Å². The van der Waals surface area contributed by atoms with E-state index in [1.165, 1.54) is 13.2 Å². The van der Waals surface area contributed by atoms with Crippen LogP contribution in [-0.2, 0) is 16.0 Å². The Labute approximate surface area is 220 Å². The molecule has 8 nitrogen and oxygen atoms in total. The molecule has 192 valence electrons. The van der Waals surface area contributed by atoms with E-state index in [9.17, 15) is 14.9 Å². The molecule has 0 unspecified atom stereocenters. The van der Waals surface area contributed by atoms with Gasteiger partial charge in [-0.25, -0.2) is 0 Å². The number of para-hydroxylation sites is 1. The van der Waals surface area contributed by atoms with E-state index < -0.39 is 5.91 Å². The van der Waals surface area contributed by atoms with E-state index >= 15 is 0 Å². The van der Waals surface area contributed by atoms with Gasteiger partial charge in [0.15, 0.2) is 18.1 Å². The number of amides is 2. The molecular weight excluding hydrogens is 480 g/mol. The predicted octanol–water partition coefficient (Wildman–Crippen LogP) is 4.77. The summed E-state index contributed by atoms with van der Waals surface area (Å²) in [6.45, 7) is 2.15. The van der Waals surface area contributed by atoms with Crippen LogP contribution in [0.25, 0.3) is 17.0 Å². The zero-order valence-corrected chi connectivity index (χ0v) is 21.2. The van der Waals surface area contributed by atoms with Crippen LogP contribution in [-0.4, -0.2) is 37.1 Å². The largest absolute Gasteiger partial charge is 0.493 e. The SMILES string of the molecule is COc1cc(/C=C(/C#N)C(=O)NCCc2c[nH]c3ccccc23)ccc1OCC(=O)Nc1ccc(C)cc1. The molecular formula is C30H28N4O4. The molecule has 0 radical (unpaired) electrons. The van der Waals surface area contributed by atoms with E-state index in [0.717, 1.165) is 22.0 Å². The number of aromatic nitrogens is 1. The summed E-state index contributed by atoms with van der Waals surface area (Å²) in [5, 5.41) is 16.3. The van der Waals surface area contributed by atoms with Gasteiger partial charge in [0.1, 0.15) is 11.6 Å². The lowest BCUT2D eigenvalue weighted by Crippen LogP contribution is -2.26. The predicted molar refractivity (Wildman–Crippen MR) is 147 cm³/mol. The van der Waals surface area contributed by atoms with E-state index in [1.807, 2.05) is 67.7 Å². The summed E-state index contributed by atoms with van der Waals surface area (Å²) >= 11 is 0. The molecule has 4 rings (SSSR count). The number of rotatable bonds is 10. The Morgan fingerprint density at radius 2 is 1.84 bits per heavy atom. The number of nitrogens with one attached hydrogen (secondary N) is 3. The second-order valence-electron chi connectivity index (χ2n) is 8.65. The summed E-state index contributed by atoms with van der Waals surface area (Å²) in [4.78, 5) is 28.1. The number of anilines is 1. The first kappa shape index (κ1) is 26.0. The number of hydrogen-bond donors (Lipinski definition) is 3. The minimum absolute atomic E-state index is 0.0304. The lowest BCUT2D eigenvalue weighted by atomic mass is 10.1. The highest BCUT2D eigenvalue weighted by atomic mass is 16.5. The highest BCUT2D eigenvalue weighted by molar-refractivity contribution is 6.01. The van der Waals surface area contributed by atoms with E-state index in [-0.39, 0.29) is 18.1 Å². The molecule has 0 bridgehead atoms. The Morgan fingerprint density at radius 3 is 2.61 bits per heavy atom. The Bertz CT molecular complexity index is 1510. The number of fused-ring (bicyclic) bond motifs is 1. The second kappa shape index (κ2) is 12.3. The first-order valence-electron chi connectivity index (χ1n) is 12.1. The standard InChI is InChI=1S/C30H28N4O4/c1-20-7-10-24(11-8-20)34-29(35)19-38-27-12-9-21(16-28(27)37-2)15-23(17-31)30(36)32-14-13-22-18-33-26-6-4-3-5-25(22)26/h3-12,15-16,18,33H,13-14,19H2,1-2H3,(H,32,36)(H,34,35)/b23-15-. The van der Waals surface area contributed by atoms with Crippen LogP contribution in [0.2, 0.25) is 0 Å². The summed E-state index contributed by atoms with van der Waals surface area (Å²) in [6.07, 6.45) is 4.04. The van der Waals surface area contributed by atoms with Gasteiger partial charge in [0.2, 0.25) is 0 Å². The molecule has 1 heterocycles. The number of carbonyl (C=O) groups is 2. The maximum atomic E-state index is 12.6. The molecule has 8 heteroatoms. The Hall–Kier alpha value is -5.03. The molecule has 0 atom stereocenters. The number of methoxy groups -OCH3 is 1. The molecule has 0 spiro atoms. The van der Waals surface area contributed by atoms with Gasteiger partial charge in [0.25, 0.3) is 11.8 Å². The minimum atomic E-state index is -0.459. The number of ether oxygens (including phenoxy) is 2. The molecule has 0 aliphatic rings. The average Bonchev–Trinajstić information content (AvgIpc) is 3.35. The van der Waals surface area contributed by atoms with Gasteiger partial charge >= 0.3 is 0 Å². The Kier molecular flexibility index (Phi) is 8.42. The normalized spacial score (nSPS) is 11.0. The van der Waals surface area contributed by atoms with Crippen LogP contribution >= 0.6 is 0 Å². The number of aryl methyl sites for hydroxylation is 1. The number of nitrogens with zero attached hydrogens (tertiary/aromatic N) is 1. The third-order valence-electron chi connectivity index (χ3n) is 5.91. The Morgan fingerprint density at radius 1 is 1.05 bits per heavy atom. The first-order valence-corrected chi connectivity index (χ1v) is 12.1. The summed E-state index contributed by atoms with van der Waals surface area (Å²) in [5.41, 5.74) is 4.47. The molecule has 0 aliphatic heterocycles. The molecule has 4 aromatic rings. The fourth-order valence-electron chi connectivity index (χ4n) is 3.93. The van der Waals surface area contributed by atoms with E-state index in [2.05, 4.69) is 15.6 Å². The van der Waals surface area contributed by atoms with Crippen molar-refractivity contribution in [2.45, 2.75) is 13.3 Å². The van der Waals surface area contributed by atoms with Crippen LogP contribution in [0, 0.1) is 18.3 Å². The third kappa shape index (κ3) is 6.59. The van der Waals surface area contributed by atoms with Crippen molar-refractivity contribution in [1.29, 1.82) is 5.26 Å². The molecule has 0 saturated heterocycles. The van der Waals surface area contributed by atoms with Gasteiger partial charge in [-0.3, -0.25) is 9.59 Å². The van der Waals surface area contributed by atoms with Crippen LogP contribution in [0.4, 0.5) is 5.69 Å². The summed E-state index contributed by atoms with van der Waals surface area (Å²) in [6, 6.07) is 22.3. The van der Waals surface area contributed by atoms with Gasteiger partial charge in [0, 0.05) is 29.3 Å². The molecule has 0 saturated carbocycles. The van der Waals surface area contributed by atoms with Crippen molar-refractivity contribution in [2.24, 2.45) is 0 Å². The van der Waals surface area contributed by atoms with E-state index in [4.69, 9.17) is 9.47 Å². The quantitative estimate of drug-likeness (QED) is 0.211. The van der Waals surface area contributed by atoms with Crippen molar-refractivity contribution in [2.75, 3.05) is 25.6 Å². The summed E-state index contributed by atoms with van der Waals surface area (Å²) in [7, 11) is 1.48. The molecule has 2 amide bonds. The van der Waals surface area contributed by atoms with Crippen molar-refractivity contribution in [3.8, 4) is 17.6 Å². The zero-order chi connectivity index (χ0) is 26.9. The molecule has 3 N–H and O–H groups in total. The minimum Gasteiger partial charge on any atom is -0.493 e. The lowest BCUT2D eigenvalue weighted by molar-refractivity contribution is -0.118. The smallest absolute Gasteiger partial charge is 0.262 e. The van der Waals surface area contributed by atoms with Crippen LogP contribution in [0.15, 0.2) is 78.5 Å². The van der Waals surface area contributed by atoms with Gasteiger partial charge in [-0.1, -0.05) is 42.0 Å². The van der Waals surface area contributed by atoms with Crippen molar-refractivity contribution in [1.82, 2.24) is 10.3 Å². The molecule has 0 fully saturated rings. The van der Waals surface area contributed by atoms with Gasteiger partial charge in [-0.2, -0.15) is 5.26 Å². The number of H-pyrrole nitrogens is 1. The van der Waals surface area contributed by atoms with Gasteiger partial charge in [0.05, 0.1) is 7.11 Å². The maximum absolute atomic E-state index is 12.6. The van der Waals surface area contributed by atoms with Gasteiger partial charge in [-0.05, 0) is 60.9 Å². The van der Waals surface area contributed by atoms with Crippen molar-refractivity contribution < 1.29 is 19.1 Å². The Balaban J connectivity index is 1.34. The van der Waals surface area contributed by atoms with Crippen LogP contribution in [0.1, 0.15) is 16.7 Å². The molecule has 0 aliphatic carbocycles. The highest BCUT2D eigenvalue weighted by Crippen LogP contribution is 2.29. The summed E-state index contributed by atoms with van der Waals surface area (Å²) in [5.74, 6) is -0.0281. The summed E-state index contributed by atoms with van der Waals surface area (Å²) < 4.78 is 11.0. The van der Waals surface area contributed by atoms with Crippen LogP contribution in [0.3, 0.4) is 0 Å². The van der Waals surface area contributed by atoms with Crippen molar-refractivity contribution in [3.63, 3.8) is 0 Å². The number of nitriles is 1. The second-order valence-corrected chi connectivity index (χ2v) is 8.65. The third-order valence-corrected chi connectivity index (χ3v) is 5.91. The van der Waals surface area contributed by atoms with Crippen molar-refractivity contribution in [3.05, 3.63) is 95.2 Å². The fourth-order valence-corrected chi connectivity index (χ4v) is 3.93. The van der Waals surface area contributed by atoms with Crippen LogP contribution < -0.4 is 20.1 Å². The van der Waals surface area contributed by atoms with Crippen LogP contribution in [0.5, 0.6) is 11.5 Å². The lowest BCUT2D eigenvalue weighted by Gasteiger charge is -2.12. The average molecular weight is 509 g/mol. The number of benzene rings is 3. The maximum Gasteiger partial charge on any atom is 0.262 e. The number of aromatic amines is 1. The molecule has 3 aromatic carbocycles. The highest BCUT2D eigenvalue weighted by Gasteiger charge is 2.12. The van der Waals surface area contributed by atoms with Crippen molar-refractivity contribution >= 4 is 34.5 Å². The number of hydrogen-bond acceptors (Lipinski definition) is 5. The first-order chi connectivity index (χ1) is 18.5. The van der Waals surface area contributed by atoms with E-state index in [1.54, 1.807) is 18.2 Å². The topological polar surface area (TPSA) is 116 Å². The molecule has 38 heavy (non-hydrogen) atoms. The molecule has 1 aromatic heterocycles. The number of carbonyl (C=O) groups excluding carboxylic acids is 2.